The molecule has 0 bridgehead atoms. The summed E-state index contributed by atoms with van der Waals surface area (Å²) in [4.78, 5) is 5.06. The topological polar surface area (TPSA) is 39.2 Å². The highest BCUT2D eigenvalue weighted by atomic mass is 16.3. The summed E-state index contributed by atoms with van der Waals surface area (Å²) in [7, 11) is 0. The summed E-state index contributed by atoms with van der Waals surface area (Å²) in [5, 5.41) is 1.08. The van der Waals surface area contributed by atoms with Crippen LogP contribution in [0.4, 0.5) is 0 Å². The van der Waals surface area contributed by atoms with Crippen LogP contribution < -0.4 is 0 Å². The van der Waals surface area contributed by atoms with E-state index in [-0.39, 0.29) is 5.41 Å². The van der Waals surface area contributed by atoms with Gasteiger partial charge in [0.15, 0.2) is 5.58 Å². The van der Waals surface area contributed by atoms with Gasteiger partial charge in [-0.15, -0.1) is 0 Å². The molecule has 1 aliphatic rings. The zero-order valence-electron chi connectivity index (χ0n) is 15.5. The minimum absolute atomic E-state index is 0.279. The van der Waals surface area contributed by atoms with Crippen molar-refractivity contribution in [2.45, 2.75) is 40.0 Å². The van der Waals surface area contributed by atoms with E-state index < -0.39 is 0 Å². The van der Waals surface area contributed by atoms with Crippen LogP contribution in [0, 0.1) is 11.3 Å². The van der Waals surface area contributed by atoms with Crippen molar-refractivity contribution in [3.8, 4) is 11.3 Å². The number of rotatable bonds is 1. The lowest BCUT2D eigenvalue weighted by atomic mass is 9.70. The maximum Gasteiger partial charge on any atom is 0.165 e. The summed E-state index contributed by atoms with van der Waals surface area (Å²) in [5.74, 6) is 1.51. The second kappa shape index (κ2) is 5.47. The van der Waals surface area contributed by atoms with Gasteiger partial charge in [0.05, 0.1) is 11.8 Å². The minimum Gasteiger partial charge on any atom is -0.464 e. The maximum absolute atomic E-state index is 6.27. The number of benzene rings is 1. The second-order valence-electron chi connectivity index (χ2n) is 8.47. The molecule has 0 radical (unpaired) electrons. The standard InChI is InChI=1S/C23H23NO2/c1-23(2,3)14-10-11-17-16(13-14)20(19-9-6-12-25-19)22-21(24-17)15-7-4-5-8-18(15)26-22/h4-9,12,14H,10-11,13H2,1-3H3/t14-/m1/s1. The molecule has 0 aliphatic heterocycles. The molecule has 5 rings (SSSR count). The van der Waals surface area contributed by atoms with Crippen molar-refractivity contribution in [2.24, 2.45) is 11.3 Å². The predicted octanol–water partition coefficient (Wildman–Crippen LogP) is 6.39. The van der Waals surface area contributed by atoms with Crippen molar-refractivity contribution < 1.29 is 8.83 Å². The Hall–Kier alpha value is -2.55. The van der Waals surface area contributed by atoms with Gasteiger partial charge in [-0.2, -0.15) is 0 Å². The third-order valence-electron chi connectivity index (χ3n) is 5.87. The van der Waals surface area contributed by atoms with E-state index in [0.29, 0.717) is 5.92 Å². The highest BCUT2D eigenvalue weighted by molar-refractivity contribution is 6.07. The molecule has 0 unspecified atom stereocenters. The lowest BCUT2D eigenvalue weighted by molar-refractivity contribution is 0.215. The summed E-state index contributed by atoms with van der Waals surface area (Å²) in [5.41, 5.74) is 6.58. The fraction of sp³-hybridized carbons (Fsp3) is 0.348. The lowest BCUT2D eigenvalue weighted by Crippen LogP contribution is -2.27. The monoisotopic (exact) mass is 345 g/mol. The Morgan fingerprint density at radius 3 is 2.69 bits per heavy atom. The van der Waals surface area contributed by atoms with E-state index in [9.17, 15) is 0 Å². The number of furan rings is 2. The molecule has 3 heteroatoms. The molecule has 3 heterocycles. The van der Waals surface area contributed by atoms with Crippen LogP contribution >= 0.6 is 0 Å². The average Bonchev–Trinajstić information content (AvgIpc) is 3.26. The smallest absolute Gasteiger partial charge is 0.165 e. The van der Waals surface area contributed by atoms with Crippen LogP contribution in [-0.2, 0) is 12.8 Å². The number of aryl methyl sites for hydroxylation is 1. The highest BCUT2D eigenvalue weighted by Crippen LogP contribution is 2.44. The fourth-order valence-corrected chi connectivity index (χ4v) is 4.30. The Bertz CT molecular complexity index is 1100. The summed E-state index contributed by atoms with van der Waals surface area (Å²) in [6.45, 7) is 7.01. The number of hydrogen-bond donors (Lipinski definition) is 0. The van der Waals surface area contributed by atoms with E-state index in [4.69, 9.17) is 13.8 Å². The zero-order chi connectivity index (χ0) is 17.9. The SMILES string of the molecule is CC(C)(C)[C@@H]1CCc2nc3c(oc4ccccc43)c(-c3ccco3)c2C1. The van der Waals surface area contributed by atoms with Crippen LogP contribution in [0.1, 0.15) is 38.4 Å². The van der Waals surface area contributed by atoms with Gasteiger partial charge in [0.1, 0.15) is 16.9 Å². The first-order valence-corrected chi connectivity index (χ1v) is 9.39. The number of aromatic nitrogens is 1. The first-order valence-electron chi connectivity index (χ1n) is 9.39. The van der Waals surface area contributed by atoms with Gasteiger partial charge in [0.2, 0.25) is 0 Å². The minimum atomic E-state index is 0.279. The molecule has 4 aromatic rings. The van der Waals surface area contributed by atoms with Gasteiger partial charge in [0, 0.05) is 11.1 Å². The number of nitrogens with zero attached hydrogens (tertiary/aromatic N) is 1. The summed E-state index contributed by atoms with van der Waals surface area (Å²) >= 11 is 0. The van der Waals surface area contributed by atoms with Crippen LogP contribution in [0.3, 0.4) is 0 Å². The molecule has 1 aromatic carbocycles. The third-order valence-corrected chi connectivity index (χ3v) is 5.87. The zero-order valence-corrected chi connectivity index (χ0v) is 15.5. The molecule has 0 fully saturated rings. The molecule has 3 nitrogen and oxygen atoms in total. The van der Waals surface area contributed by atoms with Gasteiger partial charge < -0.3 is 8.83 Å². The quantitative estimate of drug-likeness (QED) is 0.401. The van der Waals surface area contributed by atoms with Crippen LogP contribution in [0.15, 0.2) is 51.5 Å². The molecule has 0 amide bonds. The normalized spacial score (nSPS) is 17.7. The molecule has 0 N–H and O–H groups in total. The van der Waals surface area contributed by atoms with Gasteiger partial charge >= 0.3 is 0 Å². The van der Waals surface area contributed by atoms with Crippen LogP contribution in [0.5, 0.6) is 0 Å². The predicted molar refractivity (Wildman–Crippen MR) is 104 cm³/mol. The van der Waals surface area contributed by atoms with Crippen molar-refractivity contribution in [3.63, 3.8) is 0 Å². The molecular formula is C23H23NO2. The van der Waals surface area contributed by atoms with Crippen LogP contribution in [-0.4, -0.2) is 4.98 Å². The molecule has 3 aromatic heterocycles. The Morgan fingerprint density at radius 1 is 1.08 bits per heavy atom. The summed E-state index contributed by atoms with van der Waals surface area (Å²) < 4.78 is 12.1. The summed E-state index contributed by atoms with van der Waals surface area (Å²) in [6.07, 6.45) is 4.96. The van der Waals surface area contributed by atoms with E-state index in [1.54, 1.807) is 6.26 Å². The Morgan fingerprint density at radius 2 is 1.92 bits per heavy atom. The van der Waals surface area contributed by atoms with Gasteiger partial charge in [-0.05, 0) is 60.4 Å². The molecule has 132 valence electrons. The van der Waals surface area contributed by atoms with E-state index in [0.717, 1.165) is 46.2 Å². The first kappa shape index (κ1) is 15.7. The number of fused-ring (bicyclic) bond motifs is 4. The molecule has 0 spiro atoms. The third kappa shape index (κ3) is 2.30. The molecule has 0 saturated heterocycles. The van der Waals surface area contributed by atoms with Crippen molar-refractivity contribution in [3.05, 3.63) is 53.9 Å². The molecule has 26 heavy (non-hydrogen) atoms. The van der Waals surface area contributed by atoms with Gasteiger partial charge in [-0.1, -0.05) is 32.9 Å². The van der Waals surface area contributed by atoms with Crippen LogP contribution in [0.25, 0.3) is 33.4 Å². The van der Waals surface area contributed by atoms with E-state index in [1.807, 2.05) is 30.3 Å². The van der Waals surface area contributed by atoms with Gasteiger partial charge in [-0.25, -0.2) is 4.98 Å². The number of pyridine rings is 1. The van der Waals surface area contributed by atoms with Crippen molar-refractivity contribution in [1.29, 1.82) is 0 Å². The van der Waals surface area contributed by atoms with Crippen molar-refractivity contribution in [2.75, 3.05) is 0 Å². The molecule has 1 aliphatic carbocycles. The van der Waals surface area contributed by atoms with Crippen molar-refractivity contribution >= 4 is 22.1 Å². The van der Waals surface area contributed by atoms with E-state index in [2.05, 4.69) is 26.8 Å². The number of hydrogen-bond acceptors (Lipinski definition) is 3. The van der Waals surface area contributed by atoms with Gasteiger partial charge in [-0.3, -0.25) is 0 Å². The lowest BCUT2D eigenvalue weighted by Gasteiger charge is -2.35. The van der Waals surface area contributed by atoms with E-state index in [1.165, 1.54) is 17.7 Å². The average molecular weight is 345 g/mol. The van der Waals surface area contributed by atoms with Crippen molar-refractivity contribution in [1.82, 2.24) is 4.98 Å². The molecule has 0 saturated carbocycles. The summed E-state index contributed by atoms with van der Waals surface area (Å²) in [6, 6.07) is 12.1. The highest BCUT2D eigenvalue weighted by Gasteiger charge is 2.33. The molecular weight excluding hydrogens is 322 g/mol. The fourth-order valence-electron chi connectivity index (χ4n) is 4.30. The Kier molecular flexibility index (Phi) is 3.30. The first-order chi connectivity index (χ1) is 12.5. The molecule has 1 atom stereocenters. The van der Waals surface area contributed by atoms with E-state index >= 15 is 0 Å². The maximum atomic E-state index is 6.27. The Balaban J connectivity index is 1.84. The van der Waals surface area contributed by atoms with Gasteiger partial charge in [0.25, 0.3) is 0 Å². The number of para-hydroxylation sites is 1. The largest absolute Gasteiger partial charge is 0.464 e. The second-order valence-corrected chi connectivity index (χ2v) is 8.47. The van der Waals surface area contributed by atoms with Crippen LogP contribution in [0.2, 0.25) is 0 Å². The Labute approximate surface area is 153 Å².